The van der Waals surface area contributed by atoms with Crippen LogP contribution in [0.4, 0.5) is 0 Å². The molecule has 2 nitrogen and oxygen atoms in total. The third kappa shape index (κ3) is 3.88. The highest BCUT2D eigenvalue weighted by atomic mass is 16.2. The molecule has 0 radical (unpaired) electrons. The zero-order valence-electron chi connectivity index (χ0n) is 11.2. The van der Waals surface area contributed by atoms with Crippen molar-refractivity contribution < 1.29 is 4.79 Å². The number of hydrogen-bond acceptors (Lipinski definition) is 1. The van der Waals surface area contributed by atoms with Crippen LogP contribution in [-0.2, 0) is 6.42 Å². The normalized spacial score (nSPS) is 10.3. The first-order valence-electron chi connectivity index (χ1n) is 6.61. The van der Waals surface area contributed by atoms with Crippen LogP contribution < -0.4 is 0 Å². The van der Waals surface area contributed by atoms with Crippen molar-refractivity contribution in [3.63, 3.8) is 0 Å². The molecule has 17 heavy (non-hydrogen) atoms. The molecule has 0 aliphatic rings. The minimum Gasteiger partial charge on any atom is -0.339 e. The number of unbranched alkanes of at least 4 members (excludes halogenated alkanes) is 1. The molecular weight excluding hydrogens is 210 g/mol. The van der Waals surface area contributed by atoms with Crippen molar-refractivity contribution in [1.82, 2.24) is 4.90 Å². The molecule has 0 saturated heterocycles. The number of hydrogen-bond donors (Lipinski definition) is 0. The fourth-order valence-electron chi connectivity index (χ4n) is 1.86. The summed E-state index contributed by atoms with van der Waals surface area (Å²) in [6.07, 6.45) is 3.17. The van der Waals surface area contributed by atoms with Gasteiger partial charge < -0.3 is 4.90 Å². The van der Waals surface area contributed by atoms with E-state index in [0.717, 1.165) is 37.9 Å². The van der Waals surface area contributed by atoms with Crippen molar-refractivity contribution in [2.24, 2.45) is 0 Å². The predicted molar refractivity (Wildman–Crippen MR) is 72.3 cm³/mol. The first kappa shape index (κ1) is 13.8. The summed E-state index contributed by atoms with van der Waals surface area (Å²) in [6.45, 7) is 7.95. The summed E-state index contributed by atoms with van der Waals surface area (Å²) in [6, 6.07) is 7.96. The van der Waals surface area contributed by atoms with E-state index >= 15 is 0 Å². The predicted octanol–water partition coefficient (Wildman–Crippen LogP) is 3.51. The van der Waals surface area contributed by atoms with Gasteiger partial charge in [-0.25, -0.2) is 0 Å². The van der Waals surface area contributed by atoms with Crippen LogP contribution in [0.25, 0.3) is 0 Å². The Morgan fingerprint density at radius 1 is 1.24 bits per heavy atom. The van der Waals surface area contributed by atoms with Crippen LogP contribution in [0, 0.1) is 0 Å². The van der Waals surface area contributed by atoms with E-state index in [1.54, 1.807) is 0 Å². The van der Waals surface area contributed by atoms with E-state index in [4.69, 9.17) is 0 Å². The molecule has 1 amide bonds. The Balaban J connectivity index is 2.78. The topological polar surface area (TPSA) is 20.3 Å². The molecule has 0 aliphatic heterocycles. The summed E-state index contributed by atoms with van der Waals surface area (Å²) in [7, 11) is 0. The Morgan fingerprint density at radius 2 is 2.00 bits per heavy atom. The van der Waals surface area contributed by atoms with E-state index in [0.29, 0.717) is 0 Å². The lowest BCUT2D eigenvalue weighted by molar-refractivity contribution is 0.0762. The molecule has 0 spiro atoms. The van der Waals surface area contributed by atoms with Crippen molar-refractivity contribution >= 4 is 5.91 Å². The van der Waals surface area contributed by atoms with Crippen molar-refractivity contribution in [3.8, 4) is 0 Å². The van der Waals surface area contributed by atoms with Gasteiger partial charge in [0.2, 0.25) is 0 Å². The Labute approximate surface area is 105 Å². The second kappa shape index (κ2) is 7.10. The van der Waals surface area contributed by atoms with Gasteiger partial charge in [0.05, 0.1) is 0 Å². The molecule has 0 fully saturated rings. The standard InChI is InChI=1S/C15H23NO/c1-4-7-11-16(6-3)15(17)14-10-8-9-13(5-2)12-14/h8-10,12H,4-7,11H2,1-3H3. The zero-order chi connectivity index (χ0) is 12.7. The number of carbonyl (C=O) groups excluding carboxylic acids is 1. The molecule has 0 unspecified atom stereocenters. The quantitative estimate of drug-likeness (QED) is 0.736. The van der Waals surface area contributed by atoms with E-state index in [1.165, 1.54) is 5.56 Å². The van der Waals surface area contributed by atoms with Gasteiger partial charge in [0.25, 0.3) is 5.91 Å². The van der Waals surface area contributed by atoms with Crippen molar-refractivity contribution in [3.05, 3.63) is 35.4 Å². The monoisotopic (exact) mass is 233 g/mol. The highest BCUT2D eigenvalue weighted by molar-refractivity contribution is 5.94. The van der Waals surface area contributed by atoms with E-state index in [1.807, 2.05) is 30.0 Å². The largest absolute Gasteiger partial charge is 0.339 e. The molecular formula is C15H23NO. The third-order valence-corrected chi connectivity index (χ3v) is 3.03. The molecule has 1 aromatic rings. The van der Waals surface area contributed by atoms with E-state index < -0.39 is 0 Å². The highest BCUT2D eigenvalue weighted by Crippen LogP contribution is 2.10. The molecule has 0 saturated carbocycles. The van der Waals surface area contributed by atoms with E-state index in [2.05, 4.69) is 19.9 Å². The molecule has 2 heteroatoms. The van der Waals surface area contributed by atoms with Gasteiger partial charge in [0.1, 0.15) is 0 Å². The second-order valence-corrected chi connectivity index (χ2v) is 4.29. The zero-order valence-corrected chi connectivity index (χ0v) is 11.2. The van der Waals surface area contributed by atoms with Crippen LogP contribution in [0.15, 0.2) is 24.3 Å². The van der Waals surface area contributed by atoms with E-state index in [-0.39, 0.29) is 5.91 Å². The number of benzene rings is 1. The molecule has 0 bridgehead atoms. The SMILES string of the molecule is CCCCN(CC)C(=O)c1cccc(CC)c1. The number of aryl methyl sites for hydroxylation is 1. The summed E-state index contributed by atoms with van der Waals surface area (Å²) in [5.41, 5.74) is 2.05. The average molecular weight is 233 g/mol. The maximum atomic E-state index is 12.3. The molecule has 0 aromatic heterocycles. The fraction of sp³-hybridized carbons (Fsp3) is 0.533. The van der Waals surface area contributed by atoms with Gasteiger partial charge in [-0.05, 0) is 37.5 Å². The lowest BCUT2D eigenvalue weighted by atomic mass is 10.1. The van der Waals surface area contributed by atoms with Gasteiger partial charge in [-0.15, -0.1) is 0 Å². The van der Waals surface area contributed by atoms with Crippen molar-refractivity contribution in [2.75, 3.05) is 13.1 Å². The lowest BCUT2D eigenvalue weighted by Gasteiger charge is -2.20. The maximum Gasteiger partial charge on any atom is 0.253 e. The molecule has 0 heterocycles. The van der Waals surface area contributed by atoms with E-state index in [9.17, 15) is 4.79 Å². The summed E-state index contributed by atoms with van der Waals surface area (Å²) < 4.78 is 0. The minimum atomic E-state index is 0.163. The Hall–Kier alpha value is -1.31. The lowest BCUT2D eigenvalue weighted by Crippen LogP contribution is -2.31. The Morgan fingerprint density at radius 3 is 2.59 bits per heavy atom. The van der Waals surface area contributed by atoms with Crippen LogP contribution in [0.1, 0.15) is 49.5 Å². The van der Waals surface area contributed by atoms with Gasteiger partial charge in [-0.2, -0.15) is 0 Å². The number of carbonyl (C=O) groups is 1. The van der Waals surface area contributed by atoms with Gasteiger partial charge in [0.15, 0.2) is 0 Å². The molecule has 1 aromatic carbocycles. The smallest absolute Gasteiger partial charge is 0.253 e. The van der Waals surface area contributed by atoms with Crippen LogP contribution in [-0.4, -0.2) is 23.9 Å². The van der Waals surface area contributed by atoms with Crippen LogP contribution in [0.3, 0.4) is 0 Å². The molecule has 0 N–H and O–H groups in total. The van der Waals surface area contributed by atoms with Gasteiger partial charge in [0, 0.05) is 18.7 Å². The Bertz CT molecular complexity index is 360. The maximum absolute atomic E-state index is 12.3. The summed E-state index contributed by atoms with van der Waals surface area (Å²) in [5.74, 6) is 0.163. The summed E-state index contributed by atoms with van der Waals surface area (Å²) in [4.78, 5) is 14.2. The van der Waals surface area contributed by atoms with Crippen molar-refractivity contribution in [1.29, 1.82) is 0 Å². The summed E-state index contributed by atoms with van der Waals surface area (Å²) >= 11 is 0. The minimum absolute atomic E-state index is 0.163. The highest BCUT2D eigenvalue weighted by Gasteiger charge is 2.13. The van der Waals surface area contributed by atoms with Gasteiger partial charge in [-0.3, -0.25) is 4.79 Å². The molecule has 94 valence electrons. The van der Waals surface area contributed by atoms with Crippen LogP contribution in [0.2, 0.25) is 0 Å². The number of rotatable bonds is 6. The van der Waals surface area contributed by atoms with Gasteiger partial charge in [-0.1, -0.05) is 32.4 Å². The molecule has 1 rings (SSSR count). The second-order valence-electron chi connectivity index (χ2n) is 4.29. The molecule has 0 aliphatic carbocycles. The molecule has 0 atom stereocenters. The first-order valence-corrected chi connectivity index (χ1v) is 6.61. The number of amides is 1. The first-order chi connectivity index (χ1) is 8.22. The van der Waals surface area contributed by atoms with Gasteiger partial charge >= 0.3 is 0 Å². The summed E-state index contributed by atoms with van der Waals surface area (Å²) in [5, 5.41) is 0. The van der Waals surface area contributed by atoms with Crippen LogP contribution in [0.5, 0.6) is 0 Å². The fourth-order valence-corrected chi connectivity index (χ4v) is 1.86. The van der Waals surface area contributed by atoms with Crippen molar-refractivity contribution in [2.45, 2.75) is 40.0 Å². The average Bonchev–Trinajstić information content (AvgIpc) is 2.39. The Kier molecular flexibility index (Phi) is 5.75. The number of nitrogens with zero attached hydrogens (tertiary/aromatic N) is 1. The third-order valence-electron chi connectivity index (χ3n) is 3.03. The van der Waals surface area contributed by atoms with Crippen LogP contribution >= 0.6 is 0 Å².